The summed E-state index contributed by atoms with van der Waals surface area (Å²) in [5.41, 5.74) is 0.635. The first-order valence-electron chi connectivity index (χ1n) is 9.58. The van der Waals surface area contributed by atoms with E-state index in [1.54, 1.807) is 0 Å². The van der Waals surface area contributed by atoms with Crippen molar-refractivity contribution < 1.29 is 14.3 Å². The van der Waals surface area contributed by atoms with E-state index in [0.29, 0.717) is 18.3 Å². The molecule has 0 bridgehead atoms. The highest BCUT2D eigenvalue weighted by atomic mass is 16.5. The van der Waals surface area contributed by atoms with Crippen LogP contribution in [0, 0.1) is 11.3 Å². The molecule has 2 N–H and O–H groups in total. The number of rotatable bonds is 3. The highest BCUT2D eigenvalue weighted by Crippen LogP contribution is 2.27. The van der Waals surface area contributed by atoms with Gasteiger partial charge >= 0.3 is 0 Å². The van der Waals surface area contributed by atoms with Crippen LogP contribution in [0.25, 0.3) is 0 Å². The molecule has 3 rings (SSSR count). The van der Waals surface area contributed by atoms with E-state index in [0.717, 1.165) is 51.1 Å². The van der Waals surface area contributed by atoms with Crippen molar-refractivity contribution >= 4 is 17.6 Å². The van der Waals surface area contributed by atoms with Gasteiger partial charge in [0.25, 0.3) is 0 Å². The Morgan fingerprint density at radius 2 is 2.00 bits per heavy atom. The van der Waals surface area contributed by atoms with E-state index in [1.165, 1.54) is 0 Å². The molecule has 2 aliphatic rings. The first-order chi connectivity index (χ1) is 12.3. The monoisotopic (exact) mass is 362 g/mol. The maximum atomic E-state index is 12.6. The van der Waals surface area contributed by atoms with E-state index in [9.17, 15) is 9.59 Å². The van der Waals surface area contributed by atoms with Crippen LogP contribution in [0.3, 0.4) is 0 Å². The highest BCUT2D eigenvalue weighted by molar-refractivity contribution is 5.92. The summed E-state index contributed by atoms with van der Waals surface area (Å²) < 4.78 is 5.39. The molecule has 1 aromatic heterocycles. The minimum Gasteiger partial charge on any atom is -0.381 e. The van der Waals surface area contributed by atoms with Gasteiger partial charge in [-0.3, -0.25) is 14.7 Å². The topological polar surface area (TPSA) is 87.3 Å². The van der Waals surface area contributed by atoms with Crippen LogP contribution in [0.2, 0.25) is 0 Å². The quantitative estimate of drug-likeness (QED) is 0.865. The molecule has 1 atom stereocenters. The number of carbonyl (C=O) groups excluding carboxylic acids is 2. The van der Waals surface area contributed by atoms with Gasteiger partial charge in [-0.05, 0) is 25.7 Å². The summed E-state index contributed by atoms with van der Waals surface area (Å²) in [5, 5.41) is 10.2. The number of anilines is 1. The molecule has 2 saturated heterocycles. The Balaban J connectivity index is 1.57. The van der Waals surface area contributed by atoms with E-state index in [2.05, 4.69) is 15.5 Å². The number of piperidine rings is 1. The van der Waals surface area contributed by atoms with Gasteiger partial charge in [0.15, 0.2) is 5.82 Å². The summed E-state index contributed by atoms with van der Waals surface area (Å²) in [4.78, 5) is 27.0. The van der Waals surface area contributed by atoms with Gasteiger partial charge < -0.3 is 15.0 Å². The first-order valence-corrected chi connectivity index (χ1v) is 9.58. The molecule has 0 spiro atoms. The molecule has 26 heavy (non-hydrogen) atoms. The largest absolute Gasteiger partial charge is 0.381 e. The summed E-state index contributed by atoms with van der Waals surface area (Å²) in [6, 6.07) is 1.93. The second-order valence-corrected chi connectivity index (χ2v) is 8.42. The van der Waals surface area contributed by atoms with Gasteiger partial charge in [0.05, 0.1) is 5.92 Å². The predicted molar refractivity (Wildman–Crippen MR) is 98.8 cm³/mol. The number of hydrogen-bond donors (Lipinski definition) is 2. The zero-order chi connectivity index (χ0) is 18.7. The molecule has 0 aromatic carbocycles. The van der Waals surface area contributed by atoms with E-state index in [1.807, 2.05) is 31.7 Å². The fraction of sp³-hybridized carbons (Fsp3) is 0.737. The van der Waals surface area contributed by atoms with Gasteiger partial charge in [-0.1, -0.05) is 20.8 Å². The number of nitrogens with one attached hydrogen (secondary N) is 2. The van der Waals surface area contributed by atoms with Gasteiger partial charge in [-0.15, -0.1) is 0 Å². The number of likely N-dealkylation sites (tertiary alicyclic amines) is 1. The van der Waals surface area contributed by atoms with Crippen molar-refractivity contribution in [2.45, 2.75) is 52.4 Å². The minimum absolute atomic E-state index is 0.0542. The maximum absolute atomic E-state index is 12.6. The van der Waals surface area contributed by atoms with E-state index < -0.39 is 5.41 Å². The van der Waals surface area contributed by atoms with Crippen LogP contribution in [-0.2, 0) is 14.3 Å². The summed E-state index contributed by atoms with van der Waals surface area (Å²) in [5.74, 6) is 0.850. The molecule has 2 fully saturated rings. The fourth-order valence-corrected chi connectivity index (χ4v) is 3.70. The molecule has 144 valence electrons. The average Bonchev–Trinajstić information content (AvgIpc) is 3.09. The normalized spacial score (nSPS) is 22.3. The lowest BCUT2D eigenvalue weighted by Crippen LogP contribution is -2.47. The summed E-state index contributed by atoms with van der Waals surface area (Å²) in [7, 11) is 0. The molecule has 2 amide bonds. The molecule has 1 aromatic rings. The molecular formula is C19H30N4O3. The minimum atomic E-state index is -0.417. The average molecular weight is 362 g/mol. The number of aromatic amines is 1. The van der Waals surface area contributed by atoms with Gasteiger partial charge in [0.1, 0.15) is 0 Å². The third-order valence-electron chi connectivity index (χ3n) is 5.23. The Bertz CT molecular complexity index is 643. The lowest BCUT2D eigenvalue weighted by atomic mass is 9.91. The number of amides is 2. The predicted octanol–water partition coefficient (Wildman–Crippen LogP) is 2.53. The molecule has 0 saturated carbocycles. The third kappa shape index (κ3) is 4.44. The summed E-state index contributed by atoms with van der Waals surface area (Å²) >= 11 is 0. The van der Waals surface area contributed by atoms with Crippen molar-refractivity contribution in [1.82, 2.24) is 15.1 Å². The molecular weight excluding hydrogens is 332 g/mol. The lowest BCUT2D eigenvalue weighted by molar-refractivity contribution is -0.142. The van der Waals surface area contributed by atoms with Gasteiger partial charge in [-0.25, -0.2) is 0 Å². The molecule has 0 aliphatic carbocycles. The number of ether oxygens (including phenoxy) is 1. The molecule has 0 radical (unpaired) electrons. The van der Waals surface area contributed by atoms with Crippen molar-refractivity contribution in [2.75, 3.05) is 31.6 Å². The van der Waals surface area contributed by atoms with Crippen molar-refractivity contribution in [3.63, 3.8) is 0 Å². The lowest BCUT2D eigenvalue weighted by Gasteiger charge is -2.35. The number of carbonyl (C=O) groups is 2. The Kier molecular flexibility index (Phi) is 5.65. The summed E-state index contributed by atoms with van der Waals surface area (Å²) in [6.07, 6.45) is 3.61. The van der Waals surface area contributed by atoms with Gasteiger partial charge in [0.2, 0.25) is 11.8 Å². The second-order valence-electron chi connectivity index (χ2n) is 8.42. The number of H-pyrrole nitrogens is 1. The van der Waals surface area contributed by atoms with Crippen LogP contribution in [0.1, 0.15) is 58.1 Å². The van der Waals surface area contributed by atoms with Crippen LogP contribution in [-0.4, -0.2) is 53.2 Å². The van der Waals surface area contributed by atoms with Gasteiger partial charge in [0, 0.05) is 49.4 Å². The fourth-order valence-electron chi connectivity index (χ4n) is 3.70. The van der Waals surface area contributed by atoms with Crippen molar-refractivity contribution in [3.05, 3.63) is 11.8 Å². The Hall–Kier alpha value is -1.89. The summed E-state index contributed by atoms with van der Waals surface area (Å²) in [6.45, 7) is 8.51. The van der Waals surface area contributed by atoms with Crippen LogP contribution in [0.5, 0.6) is 0 Å². The highest BCUT2D eigenvalue weighted by Gasteiger charge is 2.33. The molecule has 3 heterocycles. The second kappa shape index (κ2) is 7.78. The van der Waals surface area contributed by atoms with Crippen LogP contribution >= 0.6 is 0 Å². The smallest absolute Gasteiger partial charge is 0.230 e. The van der Waals surface area contributed by atoms with Crippen LogP contribution < -0.4 is 5.32 Å². The first kappa shape index (κ1) is 18.9. The Labute approximate surface area is 154 Å². The van der Waals surface area contributed by atoms with Crippen molar-refractivity contribution in [2.24, 2.45) is 11.3 Å². The SMILES string of the molecule is CC(C)(C)C(=O)N1CCCC(C(=O)Nc2cc(C3CCOCC3)[nH]n2)C1. The molecule has 1 unspecified atom stereocenters. The molecule has 7 heteroatoms. The maximum Gasteiger partial charge on any atom is 0.230 e. The van der Waals surface area contributed by atoms with E-state index >= 15 is 0 Å². The van der Waals surface area contributed by atoms with Crippen molar-refractivity contribution in [1.29, 1.82) is 0 Å². The van der Waals surface area contributed by atoms with Crippen LogP contribution in [0.15, 0.2) is 6.07 Å². The van der Waals surface area contributed by atoms with Crippen molar-refractivity contribution in [3.8, 4) is 0 Å². The molecule has 7 nitrogen and oxygen atoms in total. The zero-order valence-electron chi connectivity index (χ0n) is 16.0. The zero-order valence-corrected chi connectivity index (χ0v) is 16.0. The van der Waals surface area contributed by atoms with Gasteiger partial charge in [-0.2, -0.15) is 5.10 Å². The third-order valence-corrected chi connectivity index (χ3v) is 5.23. The van der Waals surface area contributed by atoms with Crippen LogP contribution in [0.4, 0.5) is 5.82 Å². The van der Waals surface area contributed by atoms with E-state index in [-0.39, 0.29) is 17.7 Å². The standard InChI is InChI=1S/C19H30N4O3/c1-19(2,3)18(25)23-8-4-5-14(12-23)17(24)20-16-11-15(21-22-16)13-6-9-26-10-7-13/h11,13-14H,4-10,12H2,1-3H3,(H2,20,21,22,24). The number of nitrogens with zero attached hydrogens (tertiary/aromatic N) is 2. The number of hydrogen-bond acceptors (Lipinski definition) is 4. The van der Waals surface area contributed by atoms with E-state index in [4.69, 9.17) is 4.74 Å². The Morgan fingerprint density at radius 1 is 1.27 bits per heavy atom. The Morgan fingerprint density at radius 3 is 2.69 bits per heavy atom. The molecule has 2 aliphatic heterocycles. The number of aromatic nitrogens is 2.